The molecule has 3 aromatic rings. The number of amides is 1. The molecule has 0 unspecified atom stereocenters. The summed E-state index contributed by atoms with van der Waals surface area (Å²) in [6.07, 6.45) is 0.267. The average molecular weight is 395 g/mol. The van der Waals surface area contributed by atoms with Gasteiger partial charge in [-0.2, -0.15) is 5.26 Å². The highest BCUT2D eigenvalue weighted by Crippen LogP contribution is 2.30. The zero-order valence-corrected chi connectivity index (χ0v) is 15.8. The molecule has 0 fully saturated rings. The monoisotopic (exact) mass is 394 g/mol. The highest BCUT2D eigenvalue weighted by Gasteiger charge is 2.18. The van der Waals surface area contributed by atoms with E-state index >= 15 is 0 Å². The zero-order chi connectivity index (χ0) is 19.2. The predicted octanol–water partition coefficient (Wildman–Crippen LogP) is 6.03. The van der Waals surface area contributed by atoms with Gasteiger partial charge < -0.3 is 5.32 Å². The second kappa shape index (κ2) is 8.73. The van der Waals surface area contributed by atoms with Gasteiger partial charge in [-0.3, -0.25) is 4.79 Å². The Labute approximate surface area is 168 Å². The second-order valence-electron chi connectivity index (χ2n) is 6.10. The number of anilines is 1. The lowest BCUT2D eigenvalue weighted by Crippen LogP contribution is -2.16. The third kappa shape index (κ3) is 5.10. The molecule has 0 aromatic heterocycles. The minimum absolute atomic E-state index is 0.116. The maximum Gasteiger partial charge on any atom is 0.225 e. The molecule has 0 atom stereocenters. The number of carbonyl (C=O) groups is 1. The van der Waals surface area contributed by atoms with E-state index in [0.717, 1.165) is 11.1 Å². The summed E-state index contributed by atoms with van der Waals surface area (Å²) in [6, 6.07) is 23.8. The minimum atomic E-state index is -0.127. The Bertz CT molecular complexity index is 914. The van der Waals surface area contributed by atoms with Crippen molar-refractivity contribution in [2.45, 2.75) is 12.3 Å². The van der Waals surface area contributed by atoms with Crippen LogP contribution in [-0.2, 0) is 4.79 Å². The molecule has 0 bridgehead atoms. The number of nitrogens with zero attached hydrogens (tertiary/aromatic N) is 1. The molecule has 1 N–H and O–H groups in total. The Morgan fingerprint density at radius 1 is 0.852 bits per heavy atom. The second-order valence-corrected chi connectivity index (χ2v) is 6.97. The third-order valence-electron chi connectivity index (χ3n) is 4.23. The Morgan fingerprint density at radius 3 is 1.78 bits per heavy atom. The van der Waals surface area contributed by atoms with Crippen LogP contribution in [0.4, 0.5) is 5.69 Å². The van der Waals surface area contributed by atoms with Crippen molar-refractivity contribution >= 4 is 34.8 Å². The molecule has 27 heavy (non-hydrogen) atoms. The molecule has 0 saturated carbocycles. The molecular formula is C22H16Cl2N2O. The number of hydrogen-bond acceptors (Lipinski definition) is 2. The third-order valence-corrected chi connectivity index (χ3v) is 4.74. The van der Waals surface area contributed by atoms with Gasteiger partial charge in [0.1, 0.15) is 0 Å². The van der Waals surface area contributed by atoms with Gasteiger partial charge in [-0.1, -0.05) is 47.5 Å². The Balaban J connectivity index is 1.81. The van der Waals surface area contributed by atoms with Gasteiger partial charge in [-0.25, -0.2) is 0 Å². The standard InChI is InChI=1S/C22H16Cl2N2O/c23-18-7-3-16(4-8-18)21(17-5-9-19(24)10-6-17)13-22(27)26-20-11-1-15(14-25)2-12-20/h1-12,21H,13H2,(H,26,27). The van der Waals surface area contributed by atoms with E-state index in [-0.39, 0.29) is 18.2 Å². The number of benzene rings is 3. The van der Waals surface area contributed by atoms with Gasteiger partial charge in [0.05, 0.1) is 11.6 Å². The van der Waals surface area contributed by atoms with E-state index in [1.807, 2.05) is 48.5 Å². The molecule has 0 spiro atoms. The van der Waals surface area contributed by atoms with Crippen molar-refractivity contribution in [3.8, 4) is 6.07 Å². The van der Waals surface area contributed by atoms with Crippen molar-refractivity contribution in [2.24, 2.45) is 0 Å². The van der Waals surface area contributed by atoms with Crippen LogP contribution in [0.1, 0.15) is 29.0 Å². The molecule has 3 nitrogen and oxygen atoms in total. The van der Waals surface area contributed by atoms with Crippen molar-refractivity contribution < 1.29 is 4.79 Å². The maximum atomic E-state index is 12.6. The van der Waals surface area contributed by atoms with Crippen molar-refractivity contribution in [3.63, 3.8) is 0 Å². The van der Waals surface area contributed by atoms with E-state index < -0.39 is 0 Å². The number of rotatable bonds is 5. The molecular weight excluding hydrogens is 379 g/mol. The summed E-state index contributed by atoms with van der Waals surface area (Å²) in [5, 5.41) is 13.0. The van der Waals surface area contributed by atoms with Crippen LogP contribution in [0, 0.1) is 11.3 Å². The lowest BCUT2D eigenvalue weighted by molar-refractivity contribution is -0.116. The summed E-state index contributed by atoms with van der Waals surface area (Å²) in [5.74, 6) is -0.243. The molecule has 0 radical (unpaired) electrons. The van der Waals surface area contributed by atoms with Gasteiger partial charge >= 0.3 is 0 Å². The highest BCUT2D eigenvalue weighted by atomic mass is 35.5. The fourth-order valence-corrected chi connectivity index (χ4v) is 3.10. The quantitative estimate of drug-likeness (QED) is 0.574. The fourth-order valence-electron chi connectivity index (χ4n) is 2.84. The highest BCUT2D eigenvalue weighted by molar-refractivity contribution is 6.30. The summed E-state index contributed by atoms with van der Waals surface area (Å²) in [7, 11) is 0. The molecule has 1 amide bonds. The topological polar surface area (TPSA) is 52.9 Å². The number of carbonyl (C=O) groups excluding carboxylic acids is 1. The lowest BCUT2D eigenvalue weighted by atomic mass is 9.88. The van der Waals surface area contributed by atoms with Crippen molar-refractivity contribution in [3.05, 3.63) is 99.5 Å². The van der Waals surface area contributed by atoms with E-state index in [9.17, 15) is 4.79 Å². The summed E-state index contributed by atoms with van der Waals surface area (Å²) in [6.45, 7) is 0. The number of nitriles is 1. The van der Waals surface area contributed by atoms with Crippen molar-refractivity contribution in [1.82, 2.24) is 0 Å². The fraction of sp³-hybridized carbons (Fsp3) is 0.0909. The van der Waals surface area contributed by atoms with Gasteiger partial charge in [-0.05, 0) is 59.7 Å². The molecule has 5 heteroatoms. The number of hydrogen-bond donors (Lipinski definition) is 1. The van der Waals surface area contributed by atoms with E-state index in [1.165, 1.54) is 0 Å². The van der Waals surface area contributed by atoms with E-state index in [2.05, 4.69) is 11.4 Å². The first-order valence-corrected chi connectivity index (χ1v) is 9.11. The Hall–Kier alpha value is -2.80. The van der Waals surface area contributed by atoms with Crippen LogP contribution in [0.3, 0.4) is 0 Å². The van der Waals surface area contributed by atoms with Crippen LogP contribution >= 0.6 is 23.2 Å². The summed E-state index contributed by atoms with van der Waals surface area (Å²) in [4.78, 5) is 12.6. The molecule has 0 aliphatic carbocycles. The van der Waals surface area contributed by atoms with Crippen molar-refractivity contribution in [1.29, 1.82) is 5.26 Å². The lowest BCUT2D eigenvalue weighted by Gasteiger charge is -2.18. The molecule has 0 aliphatic rings. The van der Waals surface area contributed by atoms with Gasteiger partial charge in [0, 0.05) is 28.1 Å². The molecule has 0 saturated heterocycles. The van der Waals surface area contributed by atoms with Gasteiger partial charge in [0.25, 0.3) is 0 Å². The molecule has 0 aliphatic heterocycles. The largest absolute Gasteiger partial charge is 0.326 e. The first-order chi connectivity index (χ1) is 13.0. The average Bonchev–Trinajstić information content (AvgIpc) is 2.68. The van der Waals surface area contributed by atoms with Gasteiger partial charge in [-0.15, -0.1) is 0 Å². The Kier molecular flexibility index (Phi) is 6.13. The maximum absolute atomic E-state index is 12.6. The van der Waals surface area contributed by atoms with Gasteiger partial charge in [0.15, 0.2) is 0 Å². The summed E-state index contributed by atoms with van der Waals surface area (Å²) < 4.78 is 0. The van der Waals surface area contributed by atoms with Crippen LogP contribution in [0.5, 0.6) is 0 Å². The number of nitrogens with one attached hydrogen (secondary N) is 1. The molecule has 134 valence electrons. The van der Waals surface area contributed by atoms with E-state index in [4.69, 9.17) is 28.5 Å². The van der Waals surface area contributed by atoms with Crippen LogP contribution in [0.25, 0.3) is 0 Å². The normalized spacial score (nSPS) is 10.4. The van der Waals surface area contributed by atoms with Crippen molar-refractivity contribution in [2.75, 3.05) is 5.32 Å². The smallest absolute Gasteiger partial charge is 0.225 e. The molecule has 0 heterocycles. The van der Waals surface area contributed by atoms with Crippen LogP contribution < -0.4 is 5.32 Å². The first-order valence-electron chi connectivity index (χ1n) is 8.36. The SMILES string of the molecule is N#Cc1ccc(NC(=O)CC(c2ccc(Cl)cc2)c2ccc(Cl)cc2)cc1. The zero-order valence-electron chi connectivity index (χ0n) is 14.3. The van der Waals surface area contributed by atoms with E-state index in [1.54, 1.807) is 24.3 Å². The first kappa shape index (κ1) is 19.0. The summed E-state index contributed by atoms with van der Waals surface area (Å²) in [5.41, 5.74) is 3.20. The Morgan fingerprint density at radius 2 is 1.33 bits per heavy atom. The van der Waals surface area contributed by atoms with Crippen LogP contribution in [0.2, 0.25) is 10.0 Å². The molecule has 3 aromatic carbocycles. The summed E-state index contributed by atoms with van der Waals surface area (Å²) >= 11 is 12.0. The number of halogens is 2. The minimum Gasteiger partial charge on any atom is -0.326 e. The van der Waals surface area contributed by atoms with Gasteiger partial charge in [0.2, 0.25) is 5.91 Å². The van der Waals surface area contributed by atoms with Crippen LogP contribution in [-0.4, -0.2) is 5.91 Å². The molecule has 3 rings (SSSR count). The predicted molar refractivity (Wildman–Crippen MR) is 109 cm³/mol. The van der Waals surface area contributed by atoms with E-state index in [0.29, 0.717) is 21.3 Å². The van der Waals surface area contributed by atoms with Crippen LogP contribution in [0.15, 0.2) is 72.8 Å².